The number of rotatable bonds is 7. The van der Waals surface area contributed by atoms with E-state index >= 15 is 0 Å². The van der Waals surface area contributed by atoms with Crippen molar-refractivity contribution in [2.24, 2.45) is 11.3 Å². The summed E-state index contributed by atoms with van der Waals surface area (Å²) in [5.41, 5.74) is 0.756. The maximum atomic E-state index is 12.3. The summed E-state index contributed by atoms with van der Waals surface area (Å²) in [6.45, 7) is 8.52. The van der Waals surface area contributed by atoms with E-state index in [0.717, 1.165) is 6.42 Å². The zero-order chi connectivity index (χ0) is 19.4. The topological polar surface area (TPSA) is 88.2 Å². The van der Waals surface area contributed by atoms with Crippen molar-refractivity contribution >= 4 is 38.1 Å². The van der Waals surface area contributed by atoms with E-state index in [4.69, 9.17) is 0 Å². The van der Waals surface area contributed by atoms with Gasteiger partial charge in [0.1, 0.15) is 0 Å². The normalized spacial score (nSPS) is 13.2. The van der Waals surface area contributed by atoms with Gasteiger partial charge in [-0.05, 0) is 42.0 Å². The highest BCUT2D eigenvalue weighted by Gasteiger charge is 2.18. The zero-order valence-electron chi connectivity index (χ0n) is 15.4. The first-order chi connectivity index (χ1) is 12.0. The second-order valence-electron chi connectivity index (χ2n) is 7.59. The molecular weight excluding hydrogens is 370 g/mol. The standard InChI is InChI=1S/C18H25N3O3S2/c1-13(12-18(2,3)4)11-16(22)20-14-5-7-15(8-6-14)26(23,24)21-17-19-9-10-25-17/h5-10,13H,11-12H2,1-4H3,(H,19,21)(H,20,22). The van der Waals surface area contributed by atoms with Gasteiger partial charge in [0.15, 0.2) is 5.13 Å². The Morgan fingerprint density at radius 2 is 1.88 bits per heavy atom. The number of thiazole rings is 1. The van der Waals surface area contributed by atoms with Gasteiger partial charge in [-0.2, -0.15) is 0 Å². The lowest BCUT2D eigenvalue weighted by Crippen LogP contribution is -2.19. The maximum absolute atomic E-state index is 12.3. The molecule has 2 rings (SSSR count). The number of aromatic nitrogens is 1. The fourth-order valence-corrected chi connectivity index (χ4v) is 4.60. The Labute approximate surface area is 159 Å². The van der Waals surface area contributed by atoms with Gasteiger partial charge in [0.05, 0.1) is 4.90 Å². The van der Waals surface area contributed by atoms with Crippen molar-refractivity contribution in [1.82, 2.24) is 4.98 Å². The third kappa shape index (κ3) is 6.42. The third-order valence-corrected chi connectivity index (χ3v) is 5.77. The SMILES string of the molecule is CC(CC(=O)Nc1ccc(S(=O)(=O)Nc2nccs2)cc1)CC(C)(C)C. The van der Waals surface area contributed by atoms with Crippen molar-refractivity contribution in [3.63, 3.8) is 0 Å². The van der Waals surface area contributed by atoms with Crippen LogP contribution >= 0.6 is 11.3 Å². The predicted molar refractivity (Wildman–Crippen MR) is 106 cm³/mol. The number of nitrogens with zero attached hydrogens (tertiary/aromatic N) is 1. The van der Waals surface area contributed by atoms with E-state index in [0.29, 0.717) is 17.2 Å². The summed E-state index contributed by atoms with van der Waals surface area (Å²) in [6, 6.07) is 6.10. The van der Waals surface area contributed by atoms with E-state index < -0.39 is 10.0 Å². The smallest absolute Gasteiger partial charge is 0.263 e. The van der Waals surface area contributed by atoms with Crippen LogP contribution in [0.2, 0.25) is 0 Å². The van der Waals surface area contributed by atoms with Crippen LogP contribution in [0.5, 0.6) is 0 Å². The molecular formula is C18H25N3O3S2. The lowest BCUT2D eigenvalue weighted by molar-refractivity contribution is -0.117. The van der Waals surface area contributed by atoms with E-state index in [1.165, 1.54) is 29.7 Å². The quantitative estimate of drug-likeness (QED) is 0.730. The van der Waals surface area contributed by atoms with Crippen molar-refractivity contribution in [3.8, 4) is 0 Å². The number of carbonyl (C=O) groups is 1. The molecule has 0 aliphatic carbocycles. The van der Waals surface area contributed by atoms with Crippen molar-refractivity contribution in [2.75, 3.05) is 10.0 Å². The van der Waals surface area contributed by atoms with Crippen molar-refractivity contribution < 1.29 is 13.2 Å². The summed E-state index contributed by atoms with van der Waals surface area (Å²) in [6.07, 6.45) is 2.92. The monoisotopic (exact) mass is 395 g/mol. The van der Waals surface area contributed by atoms with Gasteiger partial charge < -0.3 is 5.32 Å². The molecule has 0 fully saturated rings. The molecule has 0 aliphatic rings. The summed E-state index contributed by atoms with van der Waals surface area (Å²) < 4.78 is 27.0. The number of carbonyl (C=O) groups excluding carboxylic acids is 1. The highest BCUT2D eigenvalue weighted by molar-refractivity contribution is 7.93. The minimum atomic E-state index is -3.68. The Hall–Kier alpha value is -1.93. The van der Waals surface area contributed by atoms with Crippen LogP contribution in [-0.4, -0.2) is 19.3 Å². The van der Waals surface area contributed by atoms with Crippen LogP contribution < -0.4 is 10.0 Å². The lowest BCUT2D eigenvalue weighted by atomic mass is 9.84. The molecule has 1 atom stereocenters. The van der Waals surface area contributed by atoms with E-state index in [1.54, 1.807) is 17.5 Å². The summed E-state index contributed by atoms with van der Waals surface area (Å²) in [4.78, 5) is 16.2. The maximum Gasteiger partial charge on any atom is 0.263 e. The average Bonchev–Trinajstić information content (AvgIpc) is 2.97. The highest BCUT2D eigenvalue weighted by Crippen LogP contribution is 2.26. The van der Waals surface area contributed by atoms with Crippen LogP contribution in [0.4, 0.5) is 10.8 Å². The number of hydrogen-bond acceptors (Lipinski definition) is 5. The van der Waals surface area contributed by atoms with Gasteiger partial charge in [0, 0.05) is 23.7 Å². The average molecular weight is 396 g/mol. The van der Waals surface area contributed by atoms with E-state index in [-0.39, 0.29) is 22.1 Å². The van der Waals surface area contributed by atoms with Crippen LogP contribution in [0.1, 0.15) is 40.5 Å². The first-order valence-electron chi connectivity index (χ1n) is 8.37. The Bertz CT molecular complexity index is 824. The predicted octanol–water partition coefficient (Wildman–Crippen LogP) is 4.34. The number of hydrogen-bond donors (Lipinski definition) is 2. The number of amides is 1. The Kier molecular flexibility index (Phi) is 6.41. The van der Waals surface area contributed by atoms with Crippen LogP contribution in [0, 0.1) is 11.3 Å². The lowest BCUT2D eigenvalue weighted by Gasteiger charge is -2.22. The molecule has 1 aromatic heterocycles. The zero-order valence-corrected chi connectivity index (χ0v) is 17.1. The van der Waals surface area contributed by atoms with Crippen molar-refractivity contribution in [2.45, 2.75) is 45.4 Å². The van der Waals surface area contributed by atoms with Gasteiger partial charge in [0.25, 0.3) is 10.0 Å². The molecule has 0 saturated carbocycles. The molecule has 0 saturated heterocycles. The van der Waals surface area contributed by atoms with Crippen LogP contribution in [0.25, 0.3) is 0 Å². The molecule has 8 heteroatoms. The minimum absolute atomic E-state index is 0.0710. The van der Waals surface area contributed by atoms with Crippen LogP contribution in [-0.2, 0) is 14.8 Å². The Balaban J connectivity index is 1.95. The fraction of sp³-hybridized carbons (Fsp3) is 0.444. The largest absolute Gasteiger partial charge is 0.326 e. The Morgan fingerprint density at radius 1 is 1.23 bits per heavy atom. The highest BCUT2D eigenvalue weighted by atomic mass is 32.2. The number of benzene rings is 1. The molecule has 2 aromatic rings. The van der Waals surface area contributed by atoms with Gasteiger partial charge in [-0.25, -0.2) is 13.4 Å². The van der Waals surface area contributed by atoms with Gasteiger partial charge in [-0.3, -0.25) is 9.52 Å². The number of nitrogens with one attached hydrogen (secondary N) is 2. The Morgan fingerprint density at radius 3 is 2.42 bits per heavy atom. The molecule has 2 N–H and O–H groups in total. The van der Waals surface area contributed by atoms with Crippen LogP contribution in [0.15, 0.2) is 40.7 Å². The van der Waals surface area contributed by atoms with Gasteiger partial charge in [-0.1, -0.05) is 27.7 Å². The second kappa shape index (κ2) is 8.18. The minimum Gasteiger partial charge on any atom is -0.326 e. The first-order valence-corrected chi connectivity index (χ1v) is 10.7. The number of anilines is 2. The molecule has 6 nitrogen and oxygen atoms in total. The molecule has 26 heavy (non-hydrogen) atoms. The molecule has 1 unspecified atom stereocenters. The fourth-order valence-electron chi connectivity index (χ4n) is 2.81. The summed E-state index contributed by atoms with van der Waals surface area (Å²) in [5.74, 6) is 0.204. The first kappa shape index (κ1) is 20.4. The van der Waals surface area contributed by atoms with E-state index in [2.05, 4.69) is 42.7 Å². The molecule has 0 spiro atoms. The van der Waals surface area contributed by atoms with Crippen molar-refractivity contribution in [3.05, 3.63) is 35.8 Å². The molecule has 0 aliphatic heterocycles. The van der Waals surface area contributed by atoms with Gasteiger partial charge in [-0.15, -0.1) is 11.3 Å². The van der Waals surface area contributed by atoms with Gasteiger partial charge in [0.2, 0.25) is 5.91 Å². The molecule has 1 heterocycles. The van der Waals surface area contributed by atoms with Crippen molar-refractivity contribution in [1.29, 1.82) is 0 Å². The third-order valence-electron chi connectivity index (χ3n) is 3.60. The molecule has 0 radical (unpaired) electrons. The summed E-state index contributed by atoms with van der Waals surface area (Å²) >= 11 is 1.21. The molecule has 0 bridgehead atoms. The van der Waals surface area contributed by atoms with E-state index in [9.17, 15) is 13.2 Å². The summed E-state index contributed by atoms with van der Waals surface area (Å²) in [5, 5.41) is 4.82. The van der Waals surface area contributed by atoms with Gasteiger partial charge >= 0.3 is 0 Å². The molecule has 142 valence electrons. The van der Waals surface area contributed by atoms with Crippen LogP contribution in [0.3, 0.4) is 0 Å². The molecule has 1 amide bonds. The van der Waals surface area contributed by atoms with E-state index in [1.807, 2.05) is 0 Å². The summed E-state index contributed by atoms with van der Waals surface area (Å²) in [7, 11) is -3.68. The molecule has 1 aromatic carbocycles. The number of sulfonamides is 1. The second-order valence-corrected chi connectivity index (χ2v) is 10.2.